The Morgan fingerprint density at radius 1 is 0.933 bits per heavy atom. The lowest BCUT2D eigenvalue weighted by Gasteiger charge is -2.22. The average molecular weight is 224 g/mol. The molecule has 0 aromatic heterocycles. The number of hydrogen-bond donors (Lipinski definition) is 0. The largest absolute Gasteiger partial charge is 0.426 e. The zero-order valence-corrected chi connectivity index (χ0v) is 10.8. The number of hydrogen-bond acceptors (Lipinski definition) is 2. The van der Waals surface area contributed by atoms with Crippen molar-refractivity contribution < 1.29 is 4.18 Å². The molecule has 0 N–H and O–H groups in total. The van der Waals surface area contributed by atoms with Gasteiger partial charge in [0, 0.05) is 5.25 Å². The van der Waals surface area contributed by atoms with Gasteiger partial charge in [0.05, 0.1) is 12.0 Å². The zero-order valence-electron chi connectivity index (χ0n) is 9.94. The Hall–Kier alpha value is -0.630. The van der Waals surface area contributed by atoms with E-state index in [1.165, 1.54) is 0 Å². The van der Waals surface area contributed by atoms with Crippen molar-refractivity contribution in [3.05, 3.63) is 30.3 Å². The van der Waals surface area contributed by atoms with Gasteiger partial charge in [0.1, 0.15) is 5.75 Å². The van der Waals surface area contributed by atoms with Crippen LogP contribution in [0, 0.1) is 11.8 Å². The van der Waals surface area contributed by atoms with Crippen LogP contribution in [0.15, 0.2) is 30.3 Å². The van der Waals surface area contributed by atoms with Crippen molar-refractivity contribution in [3.8, 4) is 5.75 Å². The molecule has 1 aromatic carbocycles. The molecule has 0 aliphatic carbocycles. The van der Waals surface area contributed by atoms with Crippen LogP contribution >= 0.6 is 12.0 Å². The molecular weight excluding hydrogens is 204 g/mol. The molecule has 0 aliphatic heterocycles. The summed E-state index contributed by atoms with van der Waals surface area (Å²) in [6.07, 6.45) is 0. The lowest BCUT2D eigenvalue weighted by molar-refractivity contribution is 0.469. The van der Waals surface area contributed by atoms with Gasteiger partial charge in [0.15, 0.2) is 0 Å². The molecule has 0 saturated carbocycles. The molecule has 0 radical (unpaired) electrons. The third-order valence-corrected chi connectivity index (χ3v) is 3.91. The topological polar surface area (TPSA) is 9.23 Å². The summed E-state index contributed by atoms with van der Waals surface area (Å²) in [4.78, 5) is 0. The van der Waals surface area contributed by atoms with Crippen LogP contribution in [0.25, 0.3) is 0 Å². The van der Waals surface area contributed by atoms with Crippen LogP contribution in [0.4, 0.5) is 0 Å². The highest BCUT2D eigenvalue weighted by Gasteiger charge is 2.19. The molecule has 0 saturated heterocycles. The molecule has 0 unspecified atom stereocenters. The van der Waals surface area contributed by atoms with Crippen LogP contribution in [-0.2, 0) is 0 Å². The molecule has 0 atom stereocenters. The molecule has 0 fully saturated rings. The van der Waals surface area contributed by atoms with E-state index in [2.05, 4.69) is 27.7 Å². The fourth-order valence-electron chi connectivity index (χ4n) is 1.58. The predicted octanol–water partition coefficient (Wildman–Crippen LogP) is 4.39. The number of rotatable bonds is 5. The molecule has 0 bridgehead atoms. The first-order chi connectivity index (χ1) is 7.11. The average Bonchev–Trinajstić information content (AvgIpc) is 2.18. The van der Waals surface area contributed by atoms with Gasteiger partial charge in [-0.15, -0.1) is 0 Å². The standard InChI is InChI=1S/C13H20OS/c1-10(2)13(11(3)4)15-14-12-8-6-5-7-9-12/h5-11,13H,1-4H3. The SMILES string of the molecule is CC(C)C(SOc1ccccc1)C(C)C. The highest BCUT2D eigenvalue weighted by atomic mass is 32.2. The monoisotopic (exact) mass is 224 g/mol. The Morgan fingerprint density at radius 3 is 1.93 bits per heavy atom. The molecule has 2 heteroatoms. The quantitative estimate of drug-likeness (QED) is 0.686. The molecule has 84 valence electrons. The van der Waals surface area contributed by atoms with Gasteiger partial charge >= 0.3 is 0 Å². The zero-order chi connectivity index (χ0) is 11.3. The van der Waals surface area contributed by atoms with E-state index in [1.807, 2.05) is 30.3 Å². The highest BCUT2D eigenvalue weighted by Crippen LogP contribution is 2.28. The van der Waals surface area contributed by atoms with Gasteiger partial charge in [-0.25, -0.2) is 0 Å². The maximum Gasteiger partial charge on any atom is 0.137 e. The van der Waals surface area contributed by atoms with Gasteiger partial charge in [-0.05, 0) is 24.0 Å². The first-order valence-electron chi connectivity index (χ1n) is 5.49. The van der Waals surface area contributed by atoms with E-state index >= 15 is 0 Å². The van der Waals surface area contributed by atoms with Crippen molar-refractivity contribution in [2.75, 3.05) is 0 Å². The van der Waals surface area contributed by atoms with E-state index < -0.39 is 0 Å². The van der Waals surface area contributed by atoms with Crippen LogP contribution < -0.4 is 4.18 Å². The highest BCUT2D eigenvalue weighted by molar-refractivity contribution is 7.95. The van der Waals surface area contributed by atoms with Gasteiger partial charge in [-0.1, -0.05) is 45.9 Å². The van der Waals surface area contributed by atoms with Crippen molar-refractivity contribution in [2.24, 2.45) is 11.8 Å². The molecule has 15 heavy (non-hydrogen) atoms. The Kier molecular flexibility index (Phi) is 5.03. The summed E-state index contributed by atoms with van der Waals surface area (Å²) in [6, 6.07) is 9.97. The molecular formula is C13H20OS. The minimum absolute atomic E-state index is 0.546. The lowest BCUT2D eigenvalue weighted by Crippen LogP contribution is -2.19. The first kappa shape index (κ1) is 12.4. The number of para-hydroxylation sites is 1. The summed E-state index contributed by atoms with van der Waals surface area (Å²) in [5.41, 5.74) is 0. The van der Waals surface area contributed by atoms with E-state index in [9.17, 15) is 0 Å². The fourth-order valence-corrected chi connectivity index (χ4v) is 2.36. The molecule has 0 amide bonds. The van der Waals surface area contributed by atoms with Gasteiger partial charge in [-0.3, -0.25) is 0 Å². The Morgan fingerprint density at radius 2 is 1.47 bits per heavy atom. The molecule has 0 aliphatic rings. The summed E-state index contributed by atoms with van der Waals surface area (Å²) >= 11 is 1.59. The first-order valence-corrected chi connectivity index (χ1v) is 6.30. The van der Waals surface area contributed by atoms with E-state index in [1.54, 1.807) is 12.0 Å². The predicted molar refractivity (Wildman–Crippen MR) is 68.1 cm³/mol. The van der Waals surface area contributed by atoms with E-state index in [4.69, 9.17) is 4.18 Å². The van der Waals surface area contributed by atoms with E-state index in [0.29, 0.717) is 17.1 Å². The molecule has 1 rings (SSSR count). The minimum Gasteiger partial charge on any atom is -0.426 e. The molecule has 1 aromatic rings. The van der Waals surface area contributed by atoms with Crippen LogP contribution in [0.3, 0.4) is 0 Å². The van der Waals surface area contributed by atoms with Crippen molar-refractivity contribution in [1.82, 2.24) is 0 Å². The van der Waals surface area contributed by atoms with Gasteiger partial charge < -0.3 is 4.18 Å². The van der Waals surface area contributed by atoms with E-state index in [-0.39, 0.29) is 0 Å². The van der Waals surface area contributed by atoms with Crippen LogP contribution in [-0.4, -0.2) is 5.25 Å². The van der Waals surface area contributed by atoms with E-state index in [0.717, 1.165) is 5.75 Å². The van der Waals surface area contributed by atoms with Crippen molar-refractivity contribution in [2.45, 2.75) is 32.9 Å². The fraction of sp³-hybridized carbons (Fsp3) is 0.538. The second-order valence-corrected chi connectivity index (χ2v) is 5.35. The Bertz CT molecular complexity index is 261. The molecule has 0 heterocycles. The maximum atomic E-state index is 5.71. The Labute approximate surface area is 97.4 Å². The maximum absolute atomic E-state index is 5.71. The summed E-state index contributed by atoms with van der Waals surface area (Å²) < 4.78 is 5.71. The second-order valence-electron chi connectivity index (χ2n) is 4.45. The van der Waals surface area contributed by atoms with Crippen molar-refractivity contribution >= 4 is 12.0 Å². The normalized spacial score (nSPS) is 11.4. The smallest absolute Gasteiger partial charge is 0.137 e. The van der Waals surface area contributed by atoms with Crippen molar-refractivity contribution in [3.63, 3.8) is 0 Å². The van der Waals surface area contributed by atoms with Crippen LogP contribution in [0.2, 0.25) is 0 Å². The van der Waals surface area contributed by atoms with Gasteiger partial charge in [0.2, 0.25) is 0 Å². The summed E-state index contributed by atoms with van der Waals surface area (Å²) in [6.45, 7) is 8.97. The number of benzene rings is 1. The lowest BCUT2D eigenvalue weighted by atomic mass is 10.0. The molecule has 0 spiro atoms. The third-order valence-electron chi connectivity index (χ3n) is 2.31. The van der Waals surface area contributed by atoms with Gasteiger partial charge in [0.25, 0.3) is 0 Å². The van der Waals surface area contributed by atoms with Crippen LogP contribution in [0.1, 0.15) is 27.7 Å². The molecule has 1 nitrogen and oxygen atoms in total. The third kappa shape index (κ3) is 4.17. The van der Waals surface area contributed by atoms with Crippen LogP contribution in [0.5, 0.6) is 5.75 Å². The summed E-state index contributed by atoms with van der Waals surface area (Å²) in [7, 11) is 0. The minimum atomic E-state index is 0.546. The summed E-state index contributed by atoms with van der Waals surface area (Å²) in [5.74, 6) is 2.21. The van der Waals surface area contributed by atoms with Gasteiger partial charge in [-0.2, -0.15) is 0 Å². The second kappa shape index (κ2) is 6.06. The Balaban J connectivity index is 2.47. The summed E-state index contributed by atoms with van der Waals surface area (Å²) in [5, 5.41) is 0.546. The van der Waals surface area contributed by atoms with Crippen molar-refractivity contribution in [1.29, 1.82) is 0 Å².